The summed E-state index contributed by atoms with van der Waals surface area (Å²) in [5.41, 5.74) is 4.14. The molecule has 1 aliphatic carbocycles. The molecular formula is C20H21N9OS. The number of anilines is 1. The number of rotatable bonds is 6. The second-order valence-corrected chi connectivity index (χ2v) is 8.33. The maximum Gasteiger partial charge on any atom is 0.253 e. The molecule has 1 fully saturated rings. The first-order valence-electron chi connectivity index (χ1n) is 9.98. The van der Waals surface area contributed by atoms with Crippen molar-refractivity contribution in [3.63, 3.8) is 0 Å². The van der Waals surface area contributed by atoms with Crippen LogP contribution in [-0.2, 0) is 11.2 Å². The van der Waals surface area contributed by atoms with Crippen LogP contribution in [0.3, 0.4) is 0 Å². The van der Waals surface area contributed by atoms with Gasteiger partial charge in [0.2, 0.25) is 11.1 Å². The molecule has 0 saturated heterocycles. The number of tetrazole rings is 1. The fourth-order valence-electron chi connectivity index (χ4n) is 3.55. The number of hydrogen-bond donors (Lipinski definition) is 1. The minimum absolute atomic E-state index is 0.117. The van der Waals surface area contributed by atoms with E-state index in [0.717, 1.165) is 41.2 Å². The van der Waals surface area contributed by atoms with Crippen molar-refractivity contribution in [2.24, 2.45) is 0 Å². The van der Waals surface area contributed by atoms with Crippen molar-refractivity contribution in [1.29, 1.82) is 0 Å². The van der Waals surface area contributed by atoms with Crippen LogP contribution in [0.2, 0.25) is 0 Å². The van der Waals surface area contributed by atoms with Gasteiger partial charge in [0.1, 0.15) is 0 Å². The molecule has 11 heteroatoms. The van der Waals surface area contributed by atoms with Crippen LogP contribution in [0, 0.1) is 13.8 Å². The molecule has 5 rings (SSSR count). The Morgan fingerprint density at radius 3 is 2.68 bits per heavy atom. The molecule has 158 valence electrons. The van der Waals surface area contributed by atoms with Gasteiger partial charge in [0.05, 0.1) is 12.5 Å². The summed E-state index contributed by atoms with van der Waals surface area (Å²) in [6, 6.07) is 7.97. The van der Waals surface area contributed by atoms with E-state index in [0.29, 0.717) is 22.7 Å². The van der Waals surface area contributed by atoms with Gasteiger partial charge in [-0.25, -0.2) is 14.2 Å². The number of aryl methyl sites for hydroxylation is 2. The highest BCUT2D eigenvalue weighted by atomic mass is 32.2. The van der Waals surface area contributed by atoms with Gasteiger partial charge in [0.25, 0.3) is 5.78 Å². The standard InChI is InChI=1S/C20H21N9OS/c1-11-16(12(2)28-19(21-11)23-20(25-28)31-3)10-17(30)22-14-6-4-13(5-7-14)18-24-26-27-29(18)15-8-9-15/h4-7,15H,8-10H2,1-3H3,(H,22,30). The third kappa shape index (κ3) is 3.76. The Balaban J connectivity index is 1.32. The van der Waals surface area contributed by atoms with Gasteiger partial charge >= 0.3 is 0 Å². The van der Waals surface area contributed by atoms with Gasteiger partial charge in [0, 0.05) is 28.2 Å². The van der Waals surface area contributed by atoms with Crippen molar-refractivity contribution in [3.8, 4) is 11.4 Å². The minimum Gasteiger partial charge on any atom is -0.326 e. The third-order valence-corrected chi connectivity index (χ3v) is 5.90. The maximum atomic E-state index is 12.7. The number of hydrogen-bond acceptors (Lipinski definition) is 8. The van der Waals surface area contributed by atoms with Gasteiger partial charge in [-0.1, -0.05) is 11.8 Å². The molecule has 0 unspecified atom stereocenters. The quantitative estimate of drug-likeness (QED) is 0.460. The average Bonchev–Trinajstić information content (AvgIpc) is 3.33. The molecule has 1 aromatic carbocycles. The number of benzene rings is 1. The molecule has 1 aliphatic rings. The lowest BCUT2D eigenvalue weighted by molar-refractivity contribution is -0.115. The maximum absolute atomic E-state index is 12.7. The van der Waals surface area contributed by atoms with E-state index in [-0.39, 0.29) is 12.3 Å². The lowest BCUT2D eigenvalue weighted by atomic mass is 10.1. The van der Waals surface area contributed by atoms with E-state index < -0.39 is 0 Å². The Hall–Kier alpha value is -3.34. The molecule has 0 radical (unpaired) electrons. The minimum atomic E-state index is -0.117. The first-order chi connectivity index (χ1) is 15.0. The van der Waals surface area contributed by atoms with E-state index in [9.17, 15) is 4.79 Å². The number of aromatic nitrogens is 8. The largest absolute Gasteiger partial charge is 0.326 e. The van der Waals surface area contributed by atoms with E-state index in [1.165, 1.54) is 11.8 Å². The lowest BCUT2D eigenvalue weighted by Crippen LogP contribution is -2.17. The topological polar surface area (TPSA) is 116 Å². The second-order valence-electron chi connectivity index (χ2n) is 7.55. The van der Waals surface area contributed by atoms with E-state index in [1.54, 1.807) is 4.52 Å². The number of nitrogens with one attached hydrogen (secondary N) is 1. The highest BCUT2D eigenvalue weighted by Gasteiger charge is 2.28. The van der Waals surface area contributed by atoms with Crippen molar-refractivity contribution >= 4 is 29.1 Å². The Kier molecular flexibility index (Phi) is 4.89. The Morgan fingerprint density at radius 2 is 1.97 bits per heavy atom. The highest BCUT2D eigenvalue weighted by Crippen LogP contribution is 2.36. The molecule has 1 N–H and O–H groups in total. The molecule has 0 spiro atoms. The zero-order valence-corrected chi connectivity index (χ0v) is 18.2. The average molecular weight is 436 g/mol. The Labute approximate surface area is 182 Å². The van der Waals surface area contributed by atoms with Crippen molar-refractivity contribution in [3.05, 3.63) is 41.2 Å². The van der Waals surface area contributed by atoms with Crippen molar-refractivity contribution in [2.45, 2.75) is 44.3 Å². The molecule has 3 heterocycles. The van der Waals surface area contributed by atoms with E-state index in [1.807, 2.05) is 49.1 Å². The summed E-state index contributed by atoms with van der Waals surface area (Å²) in [5.74, 6) is 1.18. The fraction of sp³-hybridized carbons (Fsp3) is 0.350. The number of fused-ring (bicyclic) bond motifs is 1. The summed E-state index contributed by atoms with van der Waals surface area (Å²) in [6.45, 7) is 3.82. The highest BCUT2D eigenvalue weighted by molar-refractivity contribution is 7.98. The van der Waals surface area contributed by atoms with Crippen LogP contribution in [0.5, 0.6) is 0 Å². The van der Waals surface area contributed by atoms with Crippen LogP contribution < -0.4 is 5.32 Å². The number of carbonyl (C=O) groups excluding carboxylic acids is 1. The van der Waals surface area contributed by atoms with Crippen molar-refractivity contribution < 1.29 is 4.79 Å². The van der Waals surface area contributed by atoms with E-state index in [2.05, 4.69) is 35.9 Å². The van der Waals surface area contributed by atoms with Gasteiger partial charge < -0.3 is 5.32 Å². The van der Waals surface area contributed by atoms with Crippen LogP contribution in [0.4, 0.5) is 5.69 Å². The van der Waals surface area contributed by atoms with Crippen LogP contribution in [0.15, 0.2) is 29.4 Å². The molecule has 4 aromatic rings. The van der Waals surface area contributed by atoms with Gasteiger partial charge in [-0.2, -0.15) is 4.98 Å². The molecule has 0 bridgehead atoms. The molecule has 31 heavy (non-hydrogen) atoms. The molecule has 0 atom stereocenters. The molecule has 10 nitrogen and oxygen atoms in total. The van der Waals surface area contributed by atoms with Crippen LogP contribution >= 0.6 is 11.8 Å². The SMILES string of the molecule is CSc1nc2nc(C)c(CC(=O)Nc3ccc(-c4nnnn4C4CC4)cc3)c(C)n2n1. The van der Waals surface area contributed by atoms with Crippen molar-refractivity contribution in [1.82, 2.24) is 39.8 Å². The number of thioether (sulfide) groups is 1. The van der Waals surface area contributed by atoms with Crippen LogP contribution in [0.1, 0.15) is 35.8 Å². The molecule has 3 aromatic heterocycles. The van der Waals surface area contributed by atoms with E-state index in [4.69, 9.17) is 0 Å². The molecule has 1 amide bonds. The van der Waals surface area contributed by atoms with Gasteiger partial charge in [-0.05, 0) is 67.6 Å². The number of nitrogens with zero attached hydrogens (tertiary/aromatic N) is 8. The summed E-state index contributed by atoms with van der Waals surface area (Å²) >= 11 is 1.46. The van der Waals surface area contributed by atoms with E-state index >= 15 is 0 Å². The number of carbonyl (C=O) groups is 1. The predicted octanol–water partition coefficient (Wildman–Crippen LogP) is 2.63. The fourth-order valence-corrected chi connectivity index (χ4v) is 3.89. The summed E-state index contributed by atoms with van der Waals surface area (Å²) in [4.78, 5) is 21.6. The summed E-state index contributed by atoms with van der Waals surface area (Å²) in [5, 5.41) is 20.1. The predicted molar refractivity (Wildman–Crippen MR) is 116 cm³/mol. The zero-order chi connectivity index (χ0) is 21.5. The normalized spacial score (nSPS) is 13.6. The Morgan fingerprint density at radius 1 is 1.19 bits per heavy atom. The van der Waals surface area contributed by atoms with Gasteiger partial charge in [0.15, 0.2) is 5.82 Å². The molecule has 1 saturated carbocycles. The first-order valence-corrected chi connectivity index (χ1v) is 11.2. The summed E-state index contributed by atoms with van der Waals surface area (Å²) in [7, 11) is 0. The summed E-state index contributed by atoms with van der Waals surface area (Å²) < 4.78 is 3.56. The smallest absolute Gasteiger partial charge is 0.253 e. The summed E-state index contributed by atoms with van der Waals surface area (Å²) in [6.07, 6.45) is 4.34. The first kappa shape index (κ1) is 19.6. The molecular weight excluding hydrogens is 414 g/mol. The van der Waals surface area contributed by atoms with Gasteiger partial charge in [-0.3, -0.25) is 4.79 Å². The van der Waals surface area contributed by atoms with Crippen molar-refractivity contribution in [2.75, 3.05) is 11.6 Å². The van der Waals surface area contributed by atoms with Crippen LogP contribution in [-0.4, -0.2) is 52.0 Å². The number of amides is 1. The lowest BCUT2D eigenvalue weighted by Gasteiger charge is -2.11. The van der Waals surface area contributed by atoms with Gasteiger partial charge in [-0.15, -0.1) is 10.2 Å². The Bertz CT molecular complexity index is 1270. The van der Waals surface area contributed by atoms with Crippen LogP contribution in [0.25, 0.3) is 17.2 Å². The zero-order valence-electron chi connectivity index (χ0n) is 17.4. The molecule has 0 aliphatic heterocycles. The monoisotopic (exact) mass is 435 g/mol. The third-order valence-electron chi connectivity index (χ3n) is 5.36. The second kappa shape index (κ2) is 7.73.